The second-order valence-electron chi connectivity index (χ2n) is 5.27. The van der Waals surface area contributed by atoms with Gasteiger partial charge >= 0.3 is 5.97 Å². The summed E-state index contributed by atoms with van der Waals surface area (Å²) in [6.07, 6.45) is 1.54. The molecule has 0 saturated heterocycles. The van der Waals surface area contributed by atoms with E-state index in [1.165, 1.54) is 12.1 Å². The van der Waals surface area contributed by atoms with Gasteiger partial charge < -0.3 is 10.4 Å². The van der Waals surface area contributed by atoms with Crippen LogP contribution in [-0.4, -0.2) is 38.2 Å². The molecule has 1 atom stereocenters. The van der Waals surface area contributed by atoms with Crippen molar-refractivity contribution in [1.82, 2.24) is 5.32 Å². The summed E-state index contributed by atoms with van der Waals surface area (Å²) in [4.78, 5) is 23.3. The third-order valence-electron chi connectivity index (χ3n) is 2.78. The molecule has 21 heavy (non-hydrogen) atoms. The van der Waals surface area contributed by atoms with E-state index < -0.39 is 27.6 Å². The molecule has 2 N–H and O–H groups in total. The van der Waals surface area contributed by atoms with Crippen LogP contribution in [0, 0.1) is 11.8 Å². The highest BCUT2D eigenvalue weighted by Crippen LogP contribution is 2.21. The molecule has 118 valence electrons. The summed E-state index contributed by atoms with van der Waals surface area (Å²) in [6.45, 7) is 3.85. The van der Waals surface area contributed by atoms with Gasteiger partial charge in [0.05, 0.1) is 10.8 Å². The lowest BCUT2D eigenvalue weighted by molar-refractivity contribution is -0.142. The molecule has 1 aromatic heterocycles. The first-order chi connectivity index (χ1) is 9.61. The minimum absolute atomic E-state index is 0.0262. The first-order valence-corrected chi connectivity index (χ1v) is 9.13. The van der Waals surface area contributed by atoms with Crippen LogP contribution in [0.2, 0.25) is 0 Å². The minimum atomic E-state index is -3.33. The van der Waals surface area contributed by atoms with Gasteiger partial charge in [0, 0.05) is 12.8 Å². The molecule has 0 unspecified atom stereocenters. The molecule has 6 nitrogen and oxygen atoms in total. The van der Waals surface area contributed by atoms with Gasteiger partial charge in [-0.3, -0.25) is 9.59 Å². The van der Waals surface area contributed by atoms with Crippen molar-refractivity contribution in [1.29, 1.82) is 0 Å². The quantitative estimate of drug-likeness (QED) is 0.790. The third-order valence-corrected chi connectivity index (χ3v) is 5.69. The zero-order chi connectivity index (χ0) is 16.2. The molecule has 0 saturated carbocycles. The monoisotopic (exact) mass is 333 g/mol. The van der Waals surface area contributed by atoms with E-state index in [0.29, 0.717) is 6.42 Å². The molecule has 1 amide bonds. The SMILES string of the molecule is CC(C)C[C@H](CNC(=O)c1ccc(S(C)(=O)=O)s1)C(=O)O. The van der Waals surface area contributed by atoms with Crippen LogP contribution < -0.4 is 5.32 Å². The number of aliphatic carboxylic acids is 1. The number of thiophene rings is 1. The normalized spacial score (nSPS) is 13.1. The minimum Gasteiger partial charge on any atom is -0.481 e. The molecule has 0 radical (unpaired) electrons. The molecule has 0 spiro atoms. The van der Waals surface area contributed by atoms with Crippen molar-refractivity contribution in [2.45, 2.75) is 24.5 Å². The van der Waals surface area contributed by atoms with Crippen molar-refractivity contribution in [3.05, 3.63) is 17.0 Å². The van der Waals surface area contributed by atoms with Gasteiger partial charge in [-0.15, -0.1) is 11.3 Å². The molecule has 0 fully saturated rings. The van der Waals surface area contributed by atoms with Crippen LogP contribution in [0.3, 0.4) is 0 Å². The van der Waals surface area contributed by atoms with Crippen LogP contribution >= 0.6 is 11.3 Å². The van der Waals surface area contributed by atoms with Gasteiger partial charge in [-0.2, -0.15) is 0 Å². The first-order valence-electron chi connectivity index (χ1n) is 6.42. The number of nitrogens with one attached hydrogen (secondary N) is 1. The number of hydrogen-bond donors (Lipinski definition) is 2. The van der Waals surface area contributed by atoms with Crippen LogP contribution in [0.25, 0.3) is 0 Å². The maximum absolute atomic E-state index is 11.9. The summed E-state index contributed by atoms with van der Waals surface area (Å²) in [5.41, 5.74) is 0. The predicted molar refractivity (Wildman–Crippen MR) is 80.3 cm³/mol. The lowest BCUT2D eigenvalue weighted by atomic mass is 9.97. The Bertz CT molecular complexity index is 618. The van der Waals surface area contributed by atoms with E-state index in [0.717, 1.165) is 17.6 Å². The van der Waals surface area contributed by atoms with E-state index in [4.69, 9.17) is 5.11 Å². The fraction of sp³-hybridized carbons (Fsp3) is 0.538. The number of carboxylic acid groups (broad SMARTS) is 1. The molecule has 1 rings (SSSR count). The Morgan fingerprint density at radius 2 is 1.95 bits per heavy atom. The lowest BCUT2D eigenvalue weighted by Gasteiger charge is -2.14. The summed E-state index contributed by atoms with van der Waals surface area (Å²) < 4.78 is 22.8. The van der Waals surface area contributed by atoms with Gasteiger partial charge in [0.1, 0.15) is 4.21 Å². The molecular weight excluding hydrogens is 314 g/mol. The highest BCUT2D eigenvalue weighted by Gasteiger charge is 2.21. The number of carbonyl (C=O) groups excluding carboxylic acids is 1. The molecule has 1 aromatic rings. The number of rotatable bonds is 7. The van der Waals surface area contributed by atoms with E-state index in [1.807, 2.05) is 13.8 Å². The molecule has 8 heteroatoms. The van der Waals surface area contributed by atoms with Gasteiger partial charge in [0.25, 0.3) is 5.91 Å². The number of amides is 1. The Labute approximate surface area is 128 Å². The van der Waals surface area contributed by atoms with E-state index in [2.05, 4.69) is 5.32 Å². The van der Waals surface area contributed by atoms with Crippen LogP contribution in [-0.2, 0) is 14.6 Å². The maximum Gasteiger partial charge on any atom is 0.308 e. The fourth-order valence-corrected chi connectivity index (χ4v) is 3.63. The summed E-state index contributed by atoms with van der Waals surface area (Å²) in [5, 5.41) is 11.6. The van der Waals surface area contributed by atoms with Gasteiger partial charge in [-0.25, -0.2) is 8.42 Å². The second kappa shape index (κ2) is 7.04. The van der Waals surface area contributed by atoms with Crippen LogP contribution in [0.4, 0.5) is 0 Å². The summed E-state index contributed by atoms with van der Waals surface area (Å²) >= 11 is 0.874. The van der Waals surface area contributed by atoms with Gasteiger partial charge in [-0.1, -0.05) is 13.8 Å². The maximum atomic E-state index is 11.9. The number of carbonyl (C=O) groups is 2. The van der Waals surface area contributed by atoms with Crippen molar-refractivity contribution < 1.29 is 23.1 Å². The van der Waals surface area contributed by atoms with Gasteiger partial charge in [0.2, 0.25) is 0 Å². The Hall–Kier alpha value is -1.41. The summed E-state index contributed by atoms with van der Waals surface area (Å²) in [6, 6.07) is 2.80. The van der Waals surface area contributed by atoms with Crippen molar-refractivity contribution in [2.24, 2.45) is 11.8 Å². The smallest absolute Gasteiger partial charge is 0.308 e. The van der Waals surface area contributed by atoms with E-state index in [9.17, 15) is 18.0 Å². The number of carboxylic acids is 1. The van der Waals surface area contributed by atoms with Crippen molar-refractivity contribution in [3.8, 4) is 0 Å². The largest absolute Gasteiger partial charge is 0.481 e. The van der Waals surface area contributed by atoms with Crippen molar-refractivity contribution in [2.75, 3.05) is 12.8 Å². The molecule has 0 aromatic carbocycles. The van der Waals surface area contributed by atoms with Crippen LogP contribution in [0.15, 0.2) is 16.3 Å². The molecule has 1 heterocycles. The summed E-state index contributed by atoms with van der Waals surface area (Å²) in [5.74, 6) is -1.85. The zero-order valence-electron chi connectivity index (χ0n) is 12.1. The molecule has 0 aliphatic heterocycles. The third kappa shape index (κ3) is 5.47. The topological polar surface area (TPSA) is 101 Å². The molecular formula is C13H19NO5S2. The highest BCUT2D eigenvalue weighted by atomic mass is 32.2. The molecule has 0 aliphatic rings. The fourth-order valence-electron chi connectivity index (χ4n) is 1.78. The van der Waals surface area contributed by atoms with Crippen LogP contribution in [0.1, 0.15) is 29.9 Å². The zero-order valence-corrected chi connectivity index (χ0v) is 13.8. The van der Waals surface area contributed by atoms with Crippen molar-refractivity contribution >= 4 is 33.1 Å². The Balaban J connectivity index is 2.68. The van der Waals surface area contributed by atoms with E-state index in [1.54, 1.807) is 0 Å². The first kappa shape index (κ1) is 17.6. The summed E-state index contributed by atoms with van der Waals surface area (Å²) in [7, 11) is -3.33. The molecule has 0 aliphatic carbocycles. The highest BCUT2D eigenvalue weighted by molar-refractivity contribution is 7.92. The van der Waals surface area contributed by atoms with Crippen LogP contribution in [0.5, 0.6) is 0 Å². The van der Waals surface area contributed by atoms with Gasteiger partial charge in [-0.05, 0) is 24.5 Å². The Kier molecular flexibility index (Phi) is 5.91. The standard InChI is InChI=1S/C13H19NO5S2/c1-8(2)6-9(13(16)17)7-14-12(15)10-4-5-11(20-10)21(3,18)19/h4-5,8-9H,6-7H2,1-3H3,(H,14,15)(H,16,17)/t9-/m1/s1. The van der Waals surface area contributed by atoms with E-state index in [-0.39, 0.29) is 21.5 Å². The van der Waals surface area contributed by atoms with E-state index >= 15 is 0 Å². The predicted octanol–water partition coefficient (Wildman–Crippen LogP) is 1.63. The van der Waals surface area contributed by atoms with Crippen molar-refractivity contribution in [3.63, 3.8) is 0 Å². The lowest BCUT2D eigenvalue weighted by Crippen LogP contribution is -2.33. The number of sulfone groups is 1. The average Bonchev–Trinajstić information content (AvgIpc) is 2.82. The number of hydrogen-bond acceptors (Lipinski definition) is 5. The second-order valence-corrected chi connectivity index (χ2v) is 8.59. The Morgan fingerprint density at radius 1 is 1.33 bits per heavy atom. The van der Waals surface area contributed by atoms with Gasteiger partial charge in [0.15, 0.2) is 9.84 Å². The Morgan fingerprint density at radius 3 is 2.38 bits per heavy atom. The molecule has 0 bridgehead atoms. The average molecular weight is 333 g/mol.